The summed E-state index contributed by atoms with van der Waals surface area (Å²) in [6.45, 7) is 0.668. The Morgan fingerprint density at radius 2 is 1.76 bits per heavy atom. The van der Waals surface area contributed by atoms with Crippen LogP contribution in [0.5, 0.6) is 0 Å². The van der Waals surface area contributed by atoms with Gasteiger partial charge in [-0.2, -0.15) is 0 Å². The maximum absolute atomic E-state index is 13.5. The van der Waals surface area contributed by atoms with Crippen molar-refractivity contribution in [3.63, 3.8) is 0 Å². The van der Waals surface area contributed by atoms with Crippen molar-refractivity contribution in [3.05, 3.63) is 114 Å². The predicted molar refractivity (Wildman–Crippen MR) is 146 cm³/mol. The number of hydrogen-bond acceptors (Lipinski definition) is 5. The van der Waals surface area contributed by atoms with Crippen molar-refractivity contribution in [2.45, 2.75) is 24.3 Å². The number of imidazole rings is 1. The molecule has 38 heavy (non-hydrogen) atoms. The van der Waals surface area contributed by atoms with Gasteiger partial charge in [0.05, 0.1) is 21.6 Å². The highest BCUT2D eigenvalue weighted by Gasteiger charge is 2.29. The summed E-state index contributed by atoms with van der Waals surface area (Å²) in [5.41, 5.74) is 4.67. The molecule has 2 aromatic heterocycles. The van der Waals surface area contributed by atoms with Gasteiger partial charge in [0.2, 0.25) is 0 Å². The Hall–Kier alpha value is -4.50. The largest absolute Gasteiger partial charge is 0.348 e. The second-order valence-corrected chi connectivity index (χ2v) is 11.0. The number of carbonyl (C=O) groups excluding carboxylic acids is 1. The van der Waals surface area contributed by atoms with Gasteiger partial charge in [-0.1, -0.05) is 42.5 Å². The Bertz CT molecular complexity index is 1750. The van der Waals surface area contributed by atoms with Crippen LogP contribution < -0.4 is 9.62 Å². The lowest BCUT2D eigenvalue weighted by atomic mass is 10.0. The first-order valence-electron chi connectivity index (χ1n) is 12.4. The predicted octanol–water partition coefficient (Wildman–Crippen LogP) is 4.49. The fourth-order valence-corrected chi connectivity index (χ4v) is 6.35. The second kappa shape index (κ2) is 9.75. The third-order valence-corrected chi connectivity index (χ3v) is 8.52. The molecule has 8 nitrogen and oxygen atoms in total. The van der Waals surface area contributed by atoms with Crippen molar-refractivity contribution in [1.29, 1.82) is 0 Å². The molecule has 0 aliphatic carbocycles. The Labute approximate surface area is 220 Å². The molecule has 0 radical (unpaired) electrons. The molecule has 1 aliphatic rings. The van der Waals surface area contributed by atoms with Crippen molar-refractivity contribution in [3.8, 4) is 5.82 Å². The summed E-state index contributed by atoms with van der Waals surface area (Å²) in [5, 5.41) is 2.87. The highest BCUT2D eigenvalue weighted by molar-refractivity contribution is 7.92. The van der Waals surface area contributed by atoms with Crippen LogP contribution in [0.15, 0.2) is 102 Å². The quantitative estimate of drug-likeness (QED) is 0.354. The van der Waals surface area contributed by atoms with Crippen LogP contribution in [-0.2, 0) is 23.0 Å². The van der Waals surface area contributed by atoms with Crippen molar-refractivity contribution in [2.24, 2.45) is 0 Å². The van der Waals surface area contributed by atoms with Gasteiger partial charge in [-0.15, -0.1) is 0 Å². The molecule has 6 rings (SSSR count). The molecular formula is C29H25N5O3S. The zero-order chi connectivity index (χ0) is 26.1. The van der Waals surface area contributed by atoms with E-state index in [4.69, 9.17) is 0 Å². The number of fused-ring (bicyclic) bond motifs is 2. The summed E-state index contributed by atoms with van der Waals surface area (Å²) in [6.07, 6.45) is 5.04. The average Bonchev–Trinajstić information content (AvgIpc) is 3.40. The van der Waals surface area contributed by atoms with E-state index in [9.17, 15) is 13.2 Å². The van der Waals surface area contributed by atoms with Crippen molar-refractivity contribution in [1.82, 2.24) is 19.9 Å². The van der Waals surface area contributed by atoms with Crippen LogP contribution in [-0.4, -0.2) is 35.4 Å². The van der Waals surface area contributed by atoms with Gasteiger partial charge in [-0.25, -0.2) is 18.4 Å². The molecule has 0 fully saturated rings. The van der Waals surface area contributed by atoms with E-state index < -0.39 is 10.0 Å². The third kappa shape index (κ3) is 4.41. The van der Waals surface area contributed by atoms with E-state index in [-0.39, 0.29) is 22.9 Å². The molecule has 3 aromatic carbocycles. The van der Waals surface area contributed by atoms with E-state index in [1.165, 1.54) is 16.4 Å². The van der Waals surface area contributed by atoms with Crippen LogP contribution in [0.2, 0.25) is 0 Å². The molecule has 1 aliphatic heterocycles. The zero-order valence-electron chi connectivity index (χ0n) is 20.5. The first-order chi connectivity index (χ1) is 18.5. The molecule has 0 atom stereocenters. The first kappa shape index (κ1) is 23.9. The number of carbonyl (C=O) groups is 1. The lowest BCUT2D eigenvalue weighted by molar-refractivity contribution is 0.0950. The number of benzene rings is 3. The van der Waals surface area contributed by atoms with Crippen molar-refractivity contribution < 1.29 is 13.2 Å². The van der Waals surface area contributed by atoms with Crippen LogP contribution in [0.1, 0.15) is 27.9 Å². The van der Waals surface area contributed by atoms with Gasteiger partial charge in [0, 0.05) is 24.8 Å². The monoisotopic (exact) mass is 523 g/mol. The molecule has 1 N–H and O–H groups in total. The molecule has 0 saturated carbocycles. The third-order valence-electron chi connectivity index (χ3n) is 6.71. The number of rotatable bonds is 6. The molecule has 9 heteroatoms. The van der Waals surface area contributed by atoms with E-state index in [0.29, 0.717) is 12.2 Å². The number of hydrogen-bond donors (Lipinski definition) is 1. The second-order valence-electron chi connectivity index (χ2n) is 9.15. The maximum atomic E-state index is 13.5. The van der Waals surface area contributed by atoms with Crippen molar-refractivity contribution in [2.75, 3.05) is 10.8 Å². The van der Waals surface area contributed by atoms with Crippen LogP contribution in [0.3, 0.4) is 0 Å². The number of amides is 1. The van der Waals surface area contributed by atoms with E-state index in [1.54, 1.807) is 24.7 Å². The Kier molecular flexibility index (Phi) is 6.13. The summed E-state index contributed by atoms with van der Waals surface area (Å²) < 4.78 is 30.3. The smallest absolute Gasteiger partial charge is 0.264 e. The summed E-state index contributed by atoms with van der Waals surface area (Å²) >= 11 is 0. The van der Waals surface area contributed by atoms with Gasteiger partial charge in [-0.3, -0.25) is 13.7 Å². The molecule has 190 valence electrons. The number of aromatic nitrogens is 3. The molecule has 0 spiro atoms. The van der Waals surface area contributed by atoms with Gasteiger partial charge < -0.3 is 5.32 Å². The highest BCUT2D eigenvalue weighted by atomic mass is 32.2. The number of sulfonamides is 1. The normalized spacial score (nSPS) is 13.3. The molecule has 0 unspecified atom stereocenters. The molecule has 0 saturated heterocycles. The summed E-state index contributed by atoms with van der Waals surface area (Å²) in [7, 11) is -3.80. The number of anilines is 1. The molecule has 0 bridgehead atoms. The van der Waals surface area contributed by atoms with Crippen LogP contribution in [0.25, 0.3) is 16.9 Å². The van der Waals surface area contributed by atoms with E-state index in [2.05, 4.69) is 15.3 Å². The number of pyridine rings is 1. The minimum absolute atomic E-state index is 0.0976. The number of nitrogens with one attached hydrogen (secondary N) is 1. The van der Waals surface area contributed by atoms with Gasteiger partial charge >= 0.3 is 0 Å². The van der Waals surface area contributed by atoms with E-state index in [0.717, 1.165) is 40.8 Å². The van der Waals surface area contributed by atoms with E-state index >= 15 is 0 Å². The van der Waals surface area contributed by atoms with Gasteiger partial charge in [0.25, 0.3) is 15.9 Å². The Morgan fingerprint density at radius 3 is 2.63 bits per heavy atom. The molecule has 5 aromatic rings. The van der Waals surface area contributed by atoms with Crippen LogP contribution in [0.4, 0.5) is 5.69 Å². The molecule has 3 heterocycles. The number of nitrogens with zero attached hydrogens (tertiary/aromatic N) is 4. The molecular weight excluding hydrogens is 498 g/mol. The average molecular weight is 524 g/mol. The highest BCUT2D eigenvalue weighted by Crippen LogP contribution is 2.32. The lowest BCUT2D eigenvalue weighted by Crippen LogP contribution is -2.35. The summed E-state index contributed by atoms with van der Waals surface area (Å²) in [5.74, 6) is 0.372. The number of aryl methyl sites for hydroxylation is 1. The lowest BCUT2D eigenvalue weighted by Gasteiger charge is -2.30. The van der Waals surface area contributed by atoms with E-state index in [1.807, 2.05) is 65.2 Å². The first-order valence-corrected chi connectivity index (χ1v) is 13.8. The molecule has 1 amide bonds. The SMILES string of the molecule is O=C(NCc1ccc(-n2cnc3ccccc32)nc1)c1cccc(S(=O)(=O)N2CCCc3ccccc32)c1. The fourth-order valence-electron chi connectivity index (χ4n) is 4.76. The topological polar surface area (TPSA) is 97.2 Å². The van der Waals surface area contributed by atoms with Gasteiger partial charge in [0.1, 0.15) is 12.1 Å². The fraction of sp³-hybridized carbons (Fsp3) is 0.138. The Balaban J connectivity index is 1.16. The minimum atomic E-state index is -3.80. The number of para-hydroxylation sites is 3. The Morgan fingerprint density at radius 1 is 0.921 bits per heavy atom. The minimum Gasteiger partial charge on any atom is -0.348 e. The summed E-state index contributed by atoms with van der Waals surface area (Å²) in [6, 6.07) is 25.3. The van der Waals surface area contributed by atoms with Gasteiger partial charge in [0.15, 0.2) is 0 Å². The zero-order valence-corrected chi connectivity index (χ0v) is 21.3. The van der Waals surface area contributed by atoms with Crippen LogP contribution in [0, 0.1) is 0 Å². The van der Waals surface area contributed by atoms with Crippen molar-refractivity contribution >= 4 is 32.7 Å². The summed E-state index contributed by atoms with van der Waals surface area (Å²) in [4.78, 5) is 21.9. The standard InChI is InChI=1S/C29H25N5O3S/c35-29(31-19-21-14-15-28(30-18-21)33-20-32-25-11-2-4-13-27(25)33)23-8-5-10-24(17-23)38(36,37)34-16-6-9-22-7-1-3-12-26(22)34/h1-5,7-8,10-15,17-18,20H,6,9,16,19H2,(H,31,35). The van der Waals surface area contributed by atoms with Gasteiger partial charge in [-0.05, 0) is 66.4 Å². The van der Waals surface area contributed by atoms with Crippen LogP contribution >= 0.6 is 0 Å². The maximum Gasteiger partial charge on any atom is 0.264 e.